The lowest BCUT2D eigenvalue weighted by Gasteiger charge is -2.26. The summed E-state index contributed by atoms with van der Waals surface area (Å²) < 4.78 is 0. The number of carbonyl (C=O) groups excluding carboxylic acids is 1. The Kier molecular flexibility index (Phi) is 3.70. The van der Waals surface area contributed by atoms with Crippen molar-refractivity contribution in [1.29, 1.82) is 0 Å². The van der Waals surface area contributed by atoms with Gasteiger partial charge in [0.2, 0.25) is 0 Å². The summed E-state index contributed by atoms with van der Waals surface area (Å²) in [6, 6.07) is 2.69. The summed E-state index contributed by atoms with van der Waals surface area (Å²) in [4.78, 5) is 23.4. The van der Waals surface area contributed by atoms with Gasteiger partial charge in [-0.05, 0) is 37.0 Å². The first-order valence-electron chi connectivity index (χ1n) is 6.71. The molecule has 108 valence electrons. The van der Waals surface area contributed by atoms with Crippen molar-refractivity contribution in [1.82, 2.24) is 0 Å². The van der Waals surface area contributed by atoms with E-state index in [9.17, 15) is 19.8 Å². The number of carboxylic acid groups (broad SMARTS) is 1. The lowest BCUT2D eigenvalue weighted by molar-refractivity contribution is -0.137. The van der Waals surface area contributed by atoms with Crippen LogP contribution in [0.2, 0.25) is 0 Å². The number of aromatic hydroxyl groups is 2. The largest absolute Gasteiger partial charge is 0.504 e. The zero-order chi connectivity index (χ0) is 14.9. The van der Waals surface area contributed by atoms with Gasteiger partial charge >= 0.3 is 5.97 Å². The van der Waals surface area contributed by atoms with Gasteiger partial charge in [0.05, 0.1) is 0 Å². The molecule has 0 aliphatic heterocycles. The first-order chi connectivity index (χ1) is 9.39. The average molecular weight is 278 g/mol. The number of Topliss-reactive ketones (excluding diaryl/α,β-unsaturated/α-hetero) is 1. The molecule has 0 fully saturated rings. The van der Waals surface area contributed by atoms with E-state index in [1.807, 2.05) is 6.92 Å². The maximum atomic E-state index is 12.6. The van der Waals surface area contributed by atoms with Crippen LogP contribution in [-0.2, 0) is 11.2 Å². The zero-order valence-corrected chi connectivity index (χ0v) is 11.3. The number of hydrogen-bond acceptors (Lipinski definition) is 4. The molecule has 0 amide bonds. The van der Waals surface area contributed by atoms with E-state index in [1.54, 1.807) is 0 Å². The van der Waals surface area contributed by atoms with Gasteiger partial charge in [-0.3, -0.25) is 9.59 Å². The summed E-state index contributed by atoms with van der Waals surface area (Å²) in [6.45, 7) is 1.95. The Hall–Kier alpha value is -2.04. The number of benzene rings is 1. The Balaban J connectivity index is 2.37. The van der Waals surface area contributed by atoms with Crippen LogP contribution in [0.4, 0.5) is 0 Å². The standard InChI is InChI=1S/C15H18O5/c1-2-4-15(5-3-13(18)19)8-9-6-11(16)12(17)7-10(9)14(15)20/h6-7,16-17H,2-5,8H2,1H3,(H,18,19)/t15-/m0/s1. The highest BCUT2D eigenvalue weighted by molar-refractivity contribution is 6.05. The number of phenolic OH excluding ortho intramolecular Hbond substituents is 2. The summed E-state index contributed by atoms with van der Waals surface area (Å²) in [5.41, 5.74) is 0.374. The smallest absolute Gasteiger partial charge is 0.303 e. The number of phenols is 2. The van der Waals surface area contributed by atoms with Crippen molar-refractivity contribution in [2.45, 2.75) is 39.0 Å². The van der Waals surface area contributed by atoms with Gasteiger partial charge in [-0.15, -0.1) is 0 Å². The molecule has 1 atom stereocenters. The summed E-state index contributed by atoms with van der Waals surface area (Å²) in [5, 5.41) is 27.9. The van der Waals surface area contributed by atoms with Crippen molar-refractivity contribution < 1.29 is 24.9 Å². The fraction of sp³-hybridized carbons (Fsp3) is 0.467. The first-order valence-corrected chi connectivity index (χ1v) is 6.71. The second-order valence-corrected chi connectivity index (χ2v) is 5.43. The third kappa shape index (κ3) is 2.35. The normalized spacial score (nSPS) is 20.9. The summed E-state index contributed by atoms with van der Waals surface area (Å²) in [5.74, 6) is -1.61. The Morgan fingerprint density at radius 2 is 1.90 bits per heavy atom. The Morgan fingerprint density at radius 1 is 1.25 bits per heavy atom. The molecule has 20 heavy (non-hydrogen) atoms. The van der Waals surface area contributed by atoms with Crippen LogP contribution >= 0.6 is 0 Å². The van der Waals surface area contributed by atoms with Crippen molar-refractivity contribution in [2.75, 3.05) is 0 Å². The molecular weight excluding hydrogens is 260 g/mol. The molecule has 0 saturated carbocycles. The molecule has 2 rings (SSSR count). The number of aliphatic carboxylic acids is 1. The predicted octanol–water partition coefficient (Wildman–Crippen LogP) is 2.49. The highest BCUT2D eigenvalue weighted by Crippen LogP contribution is 2.46. The fourth-order valence-corrected chi connectivity index (χ4v) is 3.06. The summed E-state index contributed by atoms with van der Waals surface area (Å²) >= 11 is 0. The van der Waals surface area contributed by atoms with Gasteiger partial charge in [0, 0.05) is 17.4 Å². The maximum Gasteiger partial charge on any atom is 0.303 e. The predicted molar refractivity (Wildman–Crippen MR) is 72.0 cm³/mol. The van der Waals surface area contributed by atoms with Crippen LogP contribution < -0.4 is 0 Å². The van der Waals surface area contributed by atoms with Gasteiger partial charge in [0.25, 0.3) is 0 Å². The number of fused-ring (bicyclic) bond motifs is 1. The minimum Gasteiger partial charge on any atom is -0.504 e. The van der Waals surface area contributed by atoms with Gasteiger partial charge in [-0.2, -0.15) is 0 Å². The minimum absolute atomic E-state index is 0.0578. The first kappa shape index (κ1) is 14.4. The van der Waals surface area contributed by atoms with Crippen LogP contribution in [0.3, 0.4) is 0 Å². The molecule has 3 N–H and O–H groups in total. The van der Waals surface area contributed by atoms with E-state index < -0.39 is 11.4 Å². The number of carboxylic acids is 1. The van der Waals surface area contributed by atoms with E-state index in [1.165, 1.54) is 12.1 Å². The van der Waals surface area contributed by atoms with Crippen molar-refractivity contribution in [2.24, 2.45) is 5.41 Å². The third-order valence-corrected chi connectivity index (χ3v) is 4.00. The topological polar surface area (TPSA) is 94.8 Å². The van der Waals surface area contributed by atoms with Gasteiger partial charge in [-0.25, -0.2) is 0 Å². The molecule has 1 aromatic rings. The molecule has 0 bridgehead atoms. The summed E-state index contributed by atoms with van der Waals surface area (Å²) in [7, 11) is 0. The Morgan fingerprint density at radius 3 is 2.50 bits per heavy atom. The van der Waals surface area contributed by atoms with Crippen LogP contribution in [0.5, 0.6) is 11.5 Å². The van der Waals surface area contributed by atoms with Crippen molar-refractivity contribution in [3.8, 4) is 11.5 Å². The molecule has 1 aromatic carbocycles. The van der Waals surface area contributed by atoms with E-state index in [4.69, 9.17) is 5.11 Å². The van der Waals surface area contributed by atoms with Crippen LogP contribution in [-0.4, -0.2) is 27.1 Å². The van der Waals surface area contributed by atoms with Crippen LogP contribution in [0.15, 0.2) is 12.1 Å². The second kappa shape index (κ2) is 5.15. The molecule has 0 aromatic heterocycles. The number of hydrogen-bond donors (Lipinski definition) is 3. The highest BCUT2D eigenvalue weighted by atomic mass is 16.4. The Bertz CT molecular complexity index is 564. The molecule has 5 heteroatoms. The minimum atomic E-state index is -0.921. The monoisotopic (exact) mass is 278 g/mol. The molecule has 0 radical (unpaired) electrons. The lowest BCUT2D eigenvalue weighted by Crippen LogP contribution is -2.28. The average Bonchev–Trinajstić information content (AvgIpc) is 2.63. The number of rotatable bonds is 5. The van der Waals surface area contributed by atoms with Crippen molar-refractivity contribution in [3.05, 3.63) is 23.3 Å². The van der Waals surface area contributed by atoms with Crippen LogP contribution in [0.25, 0.3) is 0 Å². The molecule has 1 aliphatic carbocycles. The highest BCUT2D eigenvalue weighted by Gasteiger charge is 2.45. The maximum absolute atomic E-state index is 12.6. The molecule has 1 aliphatic rings. The van der Waals surface area contributed by atoms with Gasteiger partial charge in [-0.1, -0.05) is 13.3 Å². The lowest BCUT2D eigenvalue weighted by atomic mass is 9.75. The molecule has 0 unspecified atom stereocenters. The van der Waals surface area contributed by atoms with Crippen molar-refractivity contribution in [3.63, 3.8) is 0 Å². The van der Waals surface area contributed by atoms with Crippen molar-refractivity contribution >= 4 is 11.8 Å². The molecule has 0 heterocycles. The molecule has 0 spiro atoms. The van der Waals surface area contributed by atoms with Gasteiger partial charge in [0.1, 0.15) is 0 Å². The van der Waals surface area contributed by atoms with Crippen LogP contribution in [0.1, 0.15) is 48.5 Å². The van der Waals surface area contributed by atoms with E-state index in [0.717, 1.165) is 6.42 Å². The second-order valence-electron chi connectivity index (χ2n) is 5.43. The van der Waals surface area contributed by atoms with E-state index in [-0.39, 0.29) is 30.1 Å². The van der Waals surface area contributed by atoms with E-state index in [2.05, 4.69) is 0 Å². The van der Waals surface area contributed by atoms with Gasteiger partial charge < -0.3 is 15.3 Å². The van der Waals surface area contributed by atoms with E-state index in [0.29, 0.717) is 24.0 Å². The summed E-state index contributed by atoms with van der Waals surface area (Å²) in [6.07, 6.45) is 2.03. The molecule has 5 nitrogen and oxygen atoms in total. The van der Waals surface area contributed by atoms with Crippen LogP contribution in [0, 0.1) is 5.41 Å². The quantitative estimate of drug-likeness (QED) is 0.719. The molecular formula is C15H18O5. The van der Waals surface area contributed by atoms with Gasteiger partial charge in [0.15, 0.2) is 17.3 Å². The number of carbonyl (C=O) groups is 2. The molecule has 0 saturated heterocycles. The fourth-order valence-electron chi connectivity index (χ4n) is 3.06. The van der Waals surface area contributed by atoms with E-state index >= 15 is 0 Å². The number of ketones is 1. The Labute approximate surface area is 116 Å². The SMILES string of the molecule is CCC[C@]1(CCC(=O)O)Cc2cc(O)c(O)cc2C1=O. The third-order valence-electron chi connectivity index (χ3n) is 4.00. The zero-order valence-electron chi connectivity index (χ0n) is 11.3.